The molecule has 0 bridgehead atoms. The summed E-state index contributed by atoms with van der Waals surface area (Å²) in [4.78, 5) is 29.3. The van der Waals surface area contributed by atoms with E-state index in [4.69, 9.17) is 39.5 Å². The summed E-state index contributed by atoms with van der Waals surface area (Å²) in [7, 11) is 0. The van der Waals surface area contributed by atoms with Crippen LogP contribution in [0.2, 0.25) is 10.0 Å². The number of carbonyl (C=O) groups excluding carboxylic acids is 1. The van der Waals surface area contributed by atoms with E-state index in [0.29, 0.717) is 33.3 Å². The molecule has 0 atom stereocenters. The predicted molar refractivity (Wildman–Crippen MR) is 170 cm³/mol. The minimum Gasteiger partial charge on any atom is -0.443 e. The number of pyridine rings is 3. The van der Waals surface area contributed by atoms with Crippen molar-refractivity contribution in [3.8, 4) is 0 Å². The van der Waals surface area contributed by atoms with Crippen molar-refractivity contribution in [2.24, 2.45) is 4.99 Å². The molecule has 0 saturated carbocycles. The van der Waals surface area contributed by atoms with Crippen molar-refractivity contribution in [3.63, 3.8) is 0 Å². The Balaban J connectivity index is 0.000000169. The van der Waals surface area contributed by atoms with Crippen LogP contribution >= 0.6 is 34.8 Å². The number of rotatable bonds is 3. The van der Waals surface area contributed by atoms with Crippen LogP contribution in [-0.2, 0) is 17.0 Å². The second-order valence-corrected chi connectivity index (χ2v) is 11.6. The van der Waals surface area contributed by atoms with Crippen LogP contribution in [0.15, 0.2) is 72.1 Å². The number of halogens is 7. The summed E-state index contributed by atoms with van der Waals surface area (Å²) in [6, 6.07) is 6.01. The topological polar surface area (TPSA) is 98.1 Å². The van der Waals surface area contributed by atoms with Crippen LogP contribution in [0.1, 0.15) is 37.5 Å². The molecule has 0 aromatic carbocycles. The monoisotopic (exact) mass is 693 g/mol. The van der Waals surface area contributed by atoms with Crippen LogP contribution in [-0.4, -0.2) is 42.2 Å². The van der Waals surface area contributed by atoms with Gasteiger partial charge in [0.2, 0.25) is 11.9 Å². The van der Waals surface area contributed by atoms with Gasteiger partial charge in [0.25, 0.3) is 0 Å². The van der Waals surface area contributed by atoms with E-state index in [2.05, 4.69) is 31.0 Å². The van der Waals surface area contributed by atoms with E-state index >= 15 is 0 Å². The van der Waals surface area contributed by atoms with Gasteiger partial charge in [0.1, 0.15) is 23.0 Å². The first-order valence-electron chi connectivity index (χ1n) is 13.3. The first-order chi connectivity index (χ1) is 21.7. The van der Waals surface area contributed by atoms with E-state index in [9.17, 15) is 22.4 Å². The molecular formula is C31H24Cl3F4N6O2+. The Hall–Kier alpha value is -4.35. The Bertz CT molecular complexity index is 1980. The number of ether oxygens (including phenoxy) is 1. The molecule has 8 nitrogen and oxygen atoms in total. The number of nitrogens with one attached hydrogen (secondary N) is 1. The van der Waals surface area contributed by atoms with Crippen molar-refractivity contribution in [1.29, 1.82) is 0 Å². The third-order valence-corrected chi connectivity index (χ3v) is 6.61. The van der Waals surface area contributed by atoms with Gasteiger partial charge in [0.15, 0.2) is 12.2 Å². The van der Waals surface area contributed by atoms with Gasteiger partial charge in [-0.3, -0.25) is 0 Å². The minimum atomic E-state index is -0.912. The molecule has 46 heavy (non-hydrogen) atoms. The Labute approximate surface area is 275 Å². The summed E-state index contributed by atoms with van der Waals surface area (Å²) in [6.07, 6.45) is 10.4. The van der Waals surface area contributed by atoms with Crippen molar-refractivity contribution in [2.45, 2.75) is 38.7 Å². The Morgan fingerprint density at radius 3 is 2.30 bits per heavy atom. The quantitative estimate of drug-likeness (QED) is 0.0668. The van der Waals surface area contributed by atoms with Gasteiger partial charge in [-0.25, -0.2) is 19.3 Å². The molecule has 238 valence electrons. The molecule has 1 aliphatic heterocycles. The maximum Gasteiger partial charge on any atom is 0.420 e. The molecule has 15 heteroatoms. The minimum absolute atomic E-state index is 0.272. The first kappa shape index (κ1) is 34.5. The lowest BCUT2D eigenvalue weighted by atomic mass is 10.1. The van der Waals surface area contributed by atoms with Gasteiger partial charge in [-0.05, 0) is 56.2 Å². The zero-order valence-electron chi connectivity index (χ0n) is 24.4. The number of carbonyl (C=O) groups is 1. The lowest BCUT2D eigenvalue weighted by Crippen LogP contribution is -2.26. The molecule has 6 heterocycles. The van der Waals surface area contributed by atoms with Gasteiger partial charge in [-0.2, -0.15) is 18.2 Å². The summed E-state index contributed by atoms with van der Waals surface area (Å²) < 4.78 is 56.5. The highest BCUT2D eigenvalue weighted by Gasteiger charge is 2.21. The lowest BCUT2D eigenvalue weighted by Gasteiger charge is -2.19. The van der Waals surface area contributed by atoms with Crippen LogP contribution in [0, 0.1) is 18.0 Å². The average Bonchev–Trinajstić information content (AvgIpc) is 3.54. The highest BCUT2D eigenvalue weighted by atomic mass is 35.5. The van der Waals surface area contributed by atoms with Crippen molar-refractivity contribution in [2.75, 3.05) is 0 Å². The number of aliphatic imine (C=N–C) groups is 1. The van der Waals surface area contributed by atoms with Gasteiger partial charge in [0.05, 0.1) is 10.0 Å². The molecule has 1 aliphatic rings. The molecule has 0 aliphatic carbocycles. The Morgan fingerprint density at radius 1 is 1.00 bits per heavy atom. The standard InChI is InChI=1S/C13H14Cl2N2O2.C13H8ClF2N3.C5H2F2N/c1-13(2,3)19-12(18)17-7-8(5-14)10-4-9(15)6-16-11(10)17;14-9-4-10-8(5-17-13(10)18-6-9)3-7-1-2-11(15)19-12(7)16;6-4-2-1-3-5(7)8-4/h4,6-7H,5H2,1-3H3;1-2,4-6H,3H2,(H,17,18);1-2H/q;;+1. The maximum atomic E-state index is 13.5. The van der Waals surface area contributed by atoms with Gasteiger partial charge >= 0.3 is 18.0 Å². The fourth-order valence-corrected chi connectivity index (χ4v) is 4.53. The zero-order valence-corrected chi connectivity index (χ0v) is 26.7. The van der Waals surface area contributed by atoms with Crippen LogP contribution in [0.3, 0.4) is 0 Å². The number of aromatic amines is 1. The van der Waals surface area contributed by atoms with E-state index in [1.165, 1.54) is 23.0 Å². The summed E-state index contributed by atoms with van der Waals surface area (Å²) in [5.74, 6) is -3.09. The Morgan fingerprint density at radius 2 is 1.70 bits per heavy atom. The predicted octanol–water partition coefficient (Wildman–Crippen LogP) is 9.23. The highest BCUT2D eigenvalue weighted by Crippen LogP contribution is 2.26. The zero-order chi connectivity index (χ0) is 33.6. The molecule has 1 N–H and O–H groups in total. The number of hydrogen-bond acceptors (Lipinski definition) is 6. The van der Waals surface area contributed by atoms with Crippen molar-refractivity contribution >= 4 is 68.9 Å². The third kappa shape index (κ3) is 9.11. The van der Waals surface area contributed by atoms with E-state index in [1.807, 2.05) is 20.8 Å². The second-order valence-electron chi connectivity index (χ2n) is 10.5. The van der Waals surface area contributed by atoms with E-state index < -0.39 is 35.5 Å². The second kappa shape index (κ2) is 14.8. The molecule has 0 amide bonds. The molecule has 6 rings (SSSR count). The molecule has 5 aromatic heterocycles. The van der Waals surface area contributed by atoms with E-state index in [-0.39, 0.29) is 5.88 Å². The normalized spacial score (nSPS) is 12.4. The molecule has 5 aromatic rings. The highest BCUT2D eigenvalue weighted by molar-refractivity contribution is 6.31. The number of H-pyrrole nitrogens is 1. The summed E-state index contributed by atoms with van der Waals surface area (Å²) >= 11 is 17.7. The summed E-state index contributed by atoms with van der Waals surface area (Å²) in [6.45, 7) is 5.43. The van der Waals surface area contributed by atoms with Crippen molar-refractivity contribution in [1.82, 2.24) is 24.5 Å². The fraction of sp³-hybridized carbons (Fsp3) is 0.194. The third-order valence-electron chi connectivity index (χ3n) is 5.91. The lowest BCUT2D eigenvalue weighted by molar-refractivity contribution is 0.0543. The van der Waals surface area contributed by atoms with Crippen molar-refractivity contribution < 1.29 is 27.1 Å². The summed E-state index contributed by atoms with van der Waals surface area (Å²) in [5.41, 5.74) is 2.54. The van der Waals surface area contributed by atoms with Crippen LogP contribution in [0.4, 0.5) is 22.4 Å². The molecule has 0 radical (unpaired) electrons. The smallest absolute Gasteiger partial charge is 0.420 e. The Kier molecular flexibility index (Phi) is 11.1. The fourth-order valence-electron chi connectivity index (χ4n) is 4.00. The van der Waals surface area contributed by atoms with E-state index in [1.54, 1.807) is 24.5 Å². The SMILES string of the molecule is CC(C)(C)OC(=O)n1cc(CCl)c2cc(Cl)cnc21.FC1=[C+]C=CC(F)=N1.Fc1ccc(Cc2c[nH]c3ncc(Cl)cc23)c(F)n1. The molecular weight excluding hydrogens is 671 g/mol. The number of alkyl halides is 1. The van der Waals surface area contributed by atoms with Gasteiger partial charge in [-0.1, -0.05) is 23.2 Å². The van der Waals surface area contributed by atoms with Gasteiger partial charge < -0.3 is 9.72 Å². The van der Waals surface area contributed by atoms with Gasteiger partial charge in [0, 0.05) is 53.4 Å². The van der Waals surface area contributed by atoms with Crippen LogP contribution in [0.5, 0.6) is 0 Å². The average molecular weight is 695 g/mol. The van der Waals surface area contributed by atoms with Crippen LogP contribution in [0.25, 0.3) is 22.1 Å². The molecule has 0 saturated heterocycles. The maximum absolute atomic E-state index is 13.5. The number of allylic oxidation sites excluding steroid dienone is 3. The summed E-state index contributed by atoms with van der Waals surface area (Å²) in [5, 5.41) is 2.58. The molecule has 0 spiro atoms. The van der Waals surface area contributed by atoms with E-state index in [0.717, 1.165) is 40.1 Å². The van der Waals surface area contributed by atoms with Crippen LogP contribution < -0.4 is 0 Å². The number of aromatic nitrogens is 5. The number of fused-ring (bicyclic) bond motifs is 2. The molecule has 0 unspecified atom stereocenters. The first-order valence-corrected chi connectivity index (χ1v) is 14.6. The number of hydrogen-bond donors (Lipinski definition) is 1. The largest absolute Gasteiger partial charge is 0.443 e. The molecule has 0 fully saturated rings. The van der Waals surface area contributed by atoms with Gasteiger partial charge in [-0.15, -0.1) is 21.0 Å². The van der Waals surface area contributed by atoms with Crippen molar-refractivity contribution in [3.05, 3.63) is 112 Å². The number of nitrogens with zero attached hydrogens (tertiary/aromatic N) is 5.